The van der Waals surface area contributed by atoms with E-state index < -0.39 is 35.2 Å². The Hall–Kier alpha value is -3.03. The molecule has 35 heavy (non-hydrogen) atoms. The number of aryl methyl sites for hydroxylation is 1. The van der Waals surface area contributed by atoms with Gasteiger partial charge >= 0.3 is 6.09 Å². The summed E-state index contributed by atoms with van der Waals surface area (Å²) in [7, 11) is 0. The molecule has 3 unspecified atom stereocenters. The lowest BCUT2D eigenvalue weighted by molar-refractivity contribution is -0.143. The topological polar surface area (TPSA) is 108 Å². The summed E-state index contributed by atoms with van der Waals surface area (Å²) < 4.78 is 5.39. The molecule has 1 aromatic rings. The van der Waals surface area contributed by atoms with Crippen LogP contribution in [0.1, 0.15) is 79.0 Å². The molecule has 3 amide bonds. The molecule has 0 fully saturated rings. The van der Waals surface area contributed by atoms with Gasteiger partial charge in [-0.2, -0.15) is 0 Å². The number of rotatable bonds is 9. The summed E-state index contributed by atoms with van der Waals surface area (Å²) in [5.74, 6) is -0.938. The minimum atomic E-state index is -1.01. The molecule has 8 heteroatoms. The van der Waals surface area contributed by atoms with E-state index in [1.54, 1.807) is 45.9 Å². The number of aromatic hydroxyl groups is 1. The number of hydrogen-bond acceptors (Lipinski definition) is 5. The number of amides is 3. The first kappa shape index (κ1) is 30.0. The Kier molecular flexibility index (Phi) is 10.4. The van der Waals surface area contributed by atoms with E-state index in [1.807, 2.05) is 34.6 Å². The number of alkyl carbamates (subject to hydrolysis) is 1. The normalized spacial score (nSPS) is 14.3. The number of carbonyl (C=O) groups excluding carboxylic acids is 3. The van der Waals surface area contributed by atoms with Gasteiger partial charge in [0.2, 0.25) is 11.8 Å². The lowest BCUT2D eigenvalue weighted by Gasteiger charge is -2.36. The van der Waals surface area contributed by atoms with E-state index in [4.69, 9.17) is 4.74 Å². The molecule has 0 spiro atoms. The van der Waals surface area contributed by atoms with Crippen molar-refractivity contribution in [3.05, 3.63) is 42.0 Å². The smallest absolute Gasteiger partial charge is 0.408 e. The second kappa shape index (κ2) is 12.1. The van der Waals surface area contributed by atoms with Gasteiger partial charge in [-0.25, -0.2) is 4.79 Å². The summed E-state index contributed by atoms with van der Waals surface area (Å²) in [6, 6.07) is 2.89. The molecular formula is C27H43N3O5. The summed E-state index contributed by atoms with van der Waals surface area (Å²) in [6.07, 6.45) is 1.46. The van der Waals surface area contributed by atoms with Crippen LogP contribution in [0.2, 0.25) is 0 Å². The van der Waals surface area contributed by atoms with Crippen LogP contribution < -0.4 is 10.6 Å². The Labute approximate surface area is 210 Å². The van der Waals surface area contributed by atoms with Crippen LogP contribution in [0.3, 0.4) is 0 Å². The number of carbonyl (C=O) groups is 3. The highest BCUT2D eigenvalue weighted by molar-refractivity contribution is 5.92. The van der Waals surface area contributed by atoms with E-state index >= 15 is 0 Å². The first-order chi connectivity index (χ1) is 16.0. The van der Waals surface area contributed by atoms with E-state index in [2.05, 4.69) is 17.2 Å². The maximum Gasteiger partial charge on any atom is 0.408 e. The summed E-state index contributed by atoms with van der Waals surface area (Å²) in [4.78, 5) is 41.5. The van der Waals surface area contributed by atoms with E-state index in [-0.39, 0.29) is 24.1 Å². The van der Waals surface area contributed by atoms with Crippen molar-refractivity contribution >= 4 is 17.9 Å². The Morgan fingerprint density at radius 3 is 2.23 bits per heavy atom. The molecule has 0 aromatic heterocycles. The van der Waals surface area contributed by atoms with Gasteiger partial charge in [-0.15, -0.1) is 6.58 Å². The number of hydrogen-bond donors (Lipinski definition) is 3. The molecule has 0 bridgehead atoms. The van der Waals surface area contributed by atoms with Gasteiger partial charge < -0.3 is 25.4 Å². The van der Waals surface area contributed by atoms with Crippen molar-refractivity contribution in [3.63, 3.8) is 0 Å². The number of phenolic OH excluding ortho intramolecular Hbond substituents is 1. The molecule has 0 aliphatic heterocycles. The molecule has 3 atom stereocenters. The second-order valence-corrected chi connectivity index (χ2v) is 11.0. The molecule has 0 aliphatic carbocycles. The van der Waals surface area contributed by atoms with Gasteiger partial charge in [0.1, 0.15) is 23.4 Å². The third kappa shape index (κ3) is 9.26. The van der Waals surface area contributed by atoms with E-state index in [0.29, 0.717) is 17.5 Å². The number of nitrogens with zero attached hydrogens (tertiary/aromatic N) is 1. The molecule has 0 aliphatic rings. The maximum absolute atomic E-state index is 13.9. The van der Waals surface area contributed by atoms with Gasteiger partial charge in [-0.3, -0.25) is 9.59 Å². The minimum absolute atomic E-state index is 0.0733. The summed E-state index contributed by atoms with van der Waals surface area (Å²) in [5, 5.41) is 15.7. The van der Waals surface area contributed by atoms with Crippen molar-refractivity contribution in [1.82, 2.24) is 15.5 Å². The highest BCUT2D eigenvalue weighted by Crippen LogP contribution is 2.28. The van der Waals surface area contributed by atoms with Gasteiger partial charge in [-0.1, -0.05) is 32.4 Å². The Bertz CT molecular complexity index is 914. The molecular weight excluding hydrogens is 446 g/mol. The van der Waals surface area contributed by atoms with Crippen LogP contribution in [0, 0.1) is 12.8 Å². The highest BCUT2D eigenvalue weighted by Gasteiger charge is 2.38. The Morgan fingerprint density at radius 2 is 1.77 bits per heavy atom. The zero-order valence-electron chi connectivity index (χ0n) is 22.7. The van der Waals surface area contributed by atoms with Gasteiger partial charge in [0.25, 0.3) is 0 Å². The Morgan fingerprint density at radius 1 is 1.17 bits per heavy atom. The quantitative estimate of drug-likeness (QED) is 0.439. The molecule has 196 valence electrons. The van der Waals surface area contributed by atoms with Crippen LogP contribution in [0.25, 0.3) is 0 Å². The van der Waals surface area contributed by atoms with Gasteiger partial charge in [0, 0.05) is 12.1 Å². The number of phenols is 1. The van der Waals surface area contributed by atoms with Crippen LogP contribution >= 0.6 is 0 Å². The first-order valence-corrected chi connectivity index (χ1v) is 12.0. The predicted octanol–water partition coefficient (Wildman–Crippen LogP) is 4.61. The molecule has 1 rings (SSSR count). The Balaban J connectivity index is 3.55. The van der Waals surface area contributed by atoms with E-state index in [1.165, 1.54) is 11.0 Å². The molecule has 0 heterocycles. The van der Waals surface area contributed by atoms with Crippen LogP contribution in [-0.4, -0.2) is 51.6 Å². The van der Waals surface area contributed by atoms with Gasteiger partial charge in [-0.05, 0) is 77.6 Å². The summed E-state index contributed by atoms with van der Waals surface area (Å²) >= 11 is 0. The largest absolute Gasteiger partial charge is 0.508 e. The monoisotopic (exact) mass is 489 g/mol. The van der Waals surface area contributed by atoms with Crippen molar-refractivity contribution in [3.8, 4) is 5.75 Å². The third-order valence-electron chi connectivity index (χ3n) is 5.35. The SMILES string of the molecule is C=CCN(C(=O)C(NC(=O)OC(C)(C)C)C(C)CC)C(C(=O)NC(C)(C)C)c1ccc(O)c(C)c1. The lowest BCUT2D eigenvalue weighted by atomic mass is 9.95. The fourth-order valence-corrected chi connectivity index (χ4v) is 3.52. The molecule has 0 saturated carbocycles. The predicted molar refractivity (Wildman–Crippen MR) is 138 cm³/mol. The van der Waals surface area contributed by atoms with Gasteiger partial charge in [0.05, 0.1) is 0 Å². The second-order valence-electron chi connectivity index (χ2n) is 11.0. The molecule has 3 N–H and O–H groups in total. The molecule has 8 nitrogen and oxygen atoms in total. The van der Waals surface area contributed by atoms with E-state index in [0.717, 1.165) is 0 Å². The van der Waals surface area contributed by atoms with Gasteiger partial charge in [0.15, 0.2) is 0 Å². The number of ether oxygens (including phenoxy) is 1. The van der Waals surface area contributed by atoms with Crippen LogP contribution in [0.5, 0.6) is 5.75 Å². The van der Waals surface area contributed by atoms with Crippen LogP contribution in [0.15, 0.2) is 30.9 Å². The van der Waals surface area contributed by atoms with E-state index in [9.17, 15) is 19.5 Å². The first-order valence-electron chi connectivity index (χ1n) is 12.0. The number of nitrogens with one attached hydrogen (secondary N) is 2. The van der Waals surface area contributed by atoms with Crippen molar-refractivity contribution in [2.45, 2.75) is 92.0 Å². The molecule has 0 radical (unpaired) electrons. The molecule has 1 aromatic carbocycles. The zero-order valence-corrected chi connectivity index (χ0v) is 22.7. The van der Waals surface area contributed by atoms with Crippen molar-refractivity contribution in [2.24, 2.45) is 5.92 Å². The highest BCUT2D eigenvalue weighted by atomic mass is 16.6. The fraction of sp³-hybridized carbons (Fsp3) is 0.593. The summed E-state index contributed by atoms with van der Waals surface area (Å²) in [5.41, 5.74) is -0.160. The van der Waals surface area contributed by atoms with Crippen molar-refractivity contribution < 1.29 is 24.2 Å². The summed E-state index contributed by atoms with van der Waals surface area (Å²) in [6.45, 7) is 20.2. The molecule has 0 saturated heterocycles. The fourth-order valence-electron chi connectivity index (χ4n) is 3.52. The lowest BCUT2D eigenvalue weighted by Crippen LogP contribution is -2.56. The zero-order chi connectivity index (χ0) is 27.1. The minimum Gasteiger partial charge on any atom is -0.508 e. The average molecular weight is 490 g/mol. The van der Waals surface area contributed by atoms with Crippen molar-refractivity contribution in [2.75, 3.05) is 6.54 Å². The van der Waals surface area contributed by atoms with Crippen LogP contribution in [0.4, 0.5) is 4.79 Å². The third-order valence-corrected chi connectivity index (χ3v) is 5.35. The number of benzene rings is 1. The standard InChI is InChI=1S/C27H43N3O5/c1-11-15-30(24(33)21(17(3)12-2)28-25(34)35-27(8,9)10)22(23(32)29-26(5,6)7)19-13-14-20(31)18(4)16-19/h11,13-14,16-17,21-22,31H,1,12,15H2,2-10H3,(H,28,34)(H,29,32). The maximum atomic E-state index is 13.9. The average Bonchev–Trinajstić information content (AvgIpc) is 2.70. The van der Waals surface area contributed by atoms with Crippen LogP contribution in [-0.2, 0) is 14.3 Å². The van der Waals surface area contributed by atoms with Crippen molar-refractivity contribution in [1.29, 1.82) is 0 Å².